The highest BCUT2D eigenvalue weighted by Gasteiger charge is 2.38. The molecule has 1 unspecified atom stereocenters. The number of nitrogens with zero attached hydrogens (tertiary/aromatic N) is 2. The second kappa shape index (κ2) is 5.71. The summed E-state index contributed by atoms with van der Waals surface area (Å²) < 4.78 is 0. The molecule has 0 saturated carbocycles. The normalized spacial score (nSPS) is 19.6. The Morgan fingerprint density at radius 2 is 2.00 bits per heavy atom. The first-order valence-corrected chi connectivity index (χ1v) is 8.00. The molecule has 3 nitrogen and oxygen atoms in total. The van der Waals surface area contributed by atoms with Crippen molar-refractivity contribution in [3.63, 3.8) is 0 Å². The Bertz CT molecular complexity index is 443. The van der Waals surface area contributed by atoms with Gasteiger partial charge in [0.15, 0.2) is 5.78 Å². The Balaban J connectivity index is 2.12. The zero-order valence-corrected chi connectivity index (χ0v) is 13.3. The van der Waals surface area contributed by atoms with E-state index in [9.17, 15) is 4.79 Å². The molecule has 1 fully saturated rings. The lowest BCUT2D eigenvalue weighted by Crippen LogP contribution is -2.51. The number of Topliss-reactive ketones (excluding diaryl/α,β-unsaturated/α-hetero) is 1. The maximum absolute atomic E-state index is 12.7. The van der Waals surface area contributed by atoms with Gasteiger partial charge in [0, 0.05) is 4.88 Å². The maximum atomic E-state index is 12.7. The molecule has 0 aromatic carbocycles. The summed E-state index contributed by atoms with van der Waals surface area (Å²) in [6, 6.07) is 0. The molecular formula is C15H24N2OS. The van der Waals surface area contributed by atoms with Gasteiger partial charge in [0.25, 0.3) is 0 Å². The summed E-state index contributed by atoms with van der Waals surface area (Å²) in [6.45, 7) is 10.4. The van der Waals surface area contributed by atoms with Crippen LogP contribution in [-0.4, -0.2) is 34.3 Å². The highest BCUT2D eigenvalue weighted by molar-refractivity contribution is 7.11. The number of aryl methyl sites for hydroxylation is 2. The van der Waals surface area contributed by atoms with Gasteiger partial charge in [-0.05, 0) is 53.1 Å². The molecule has 0 spiro atoms. The number of likely N-dealkylation sites (tertiary alicyclic amines) is 1. The fourth-order valence-electron chi connectivity index (χ4n) is 2.75. The summed E-state index contributed by atoms with van der Waals surface area (Å²) in [5, 5.41) is 0.971. The van der Waals surface area contributed by atoms with Crippen LogP contribution in [0.3, 0.4) is 0 Å². The molecule has 4 heteroatoms. The van der Waals surface area contributed by atoms with Crippen molar-refractivity contribution in [2.75, 3.05) is 13.1 Å². The van der Waals surface area contributed by atoms with Crippen LogP contribution in [0, 0.1) is 13.8 Å². The van der Waals surface area contributed by atoms with E-state index in [-0.39, 0.29) is 5.54 Å². The second-order valence-corrected chi connectivity index (χ2v) is 6.96. The standard InChI is InChI=1S/C15H24N2OS/c1-5-15(4,17-8-6-7-9-17)13(18)10-14-16-11(2)12(3)19-14/h5-10H2,1-4H3. The van der Waals surface area contributed by atoms with Crippen molar-refractivity contribution in [3.05, 3.63) is 15.6 Å². The van der Waals surface area contributed by atoms with Crippen LogP contribution in [0.25, 0.3) is 0 Å². The largest absolute Gasteiger partial charge is 0.297 e. The van der Waals surface area contributed by atoms with Crippen molar-refractivity contribution in [3.8, 4) is 0 Å². The summed E-state index contributed by atoms with van der Waals surface area (Å²) in [6.07, 6.45) is 3.81. The quantitative estimate of drug-likeness (QED) is 0.831. The van der Waals surface area contributed by atoms with Gasteiger partial charge in [-0.25, -0.2) is 4.98 Å². The number of ketones is 1. The van der Waals surface area contributed by atoms with E-state index in [1.165, 1.54) is 17.7 Å². The fraction of sp³-hybridized carbons (Fsp3) is 0.733. The lowest BCUT2D eigenvalue weighted by molar-refractivity contribution is -0.129. The third-order valence-corrected chi connectivity index (χ3v) is 5.55. The molecule has 2 rings (SSSR count). The second-order valence-electron chi connectivity index (χ2n) is 5.67. The molecule has 1 aromatic rings. The lowest BCUT2D eigenvalue weighted by atomic mass is 9.89. The minimum Gasteiger partial charge on any atom is -0.297 e. The van der Waals surface area contributed by atoms with E-state index in [1.807, 2.05) is 6.92 Å². The molecule has 0 N–H and O–H groups in total. The number of carbonyl (C=O) groups is 1. The zero-order chi connectivity index (χ0) is 14.0. The predicted octanol–water partition coefficient (Wildman–Crippen LogP) is 3.14. The third kappa shape index (κ3) is 2.90. The highest BCUT2D eigenvalue weighted by atomic mass is 32.1. The van der Waals surface area contributed by atoms with Crippen LogP contribution in [0.4, 0.5) is 0 Å². The van der Waals surface area contributed by atoms with Crippen molar-refractivity contribution in [2.45, 2.75) is 58.9 Å². The van der Waals surface area contributed by atoms with Gasteiger partial charge in [-0.2, -0.15) is 0 Å². The lowest BCUT2D eigenvalue weighted by Gasteiger charge is -2.36. The smallest absolute Gasteiger partial charge is 0.159 e. The molecule has 1 saturated heterocycles. The molecule has 106 valence electrons. The van der Waals surface area contributed by atoms with E-state index >= 15 is 0 Å². The monoisotopic (exact) mass is 280 g/mol. The van der Waals surface area contributed by atoms with E-state index < -0.39 is 0 Å². The van der Waals surface area contributed by atoms with Crippen LogP contribution in [0.5, 0.6) is 0 Å². The number of aromatic nitrogens is 1. The molecule has 1 aromatic heterocycles. The number of rotatable bonds is 5. The van der Waals surface area contributed by atoms with Gasteiger partial charge in [-0.3, -0.25) is 9.69 Å². The van der Waals surface area contributed by atoms with Gasteiger partial charge in [-0.15, -0.1) is 11.3 Å². The molecule has 2 heterocycles. The molecule has 19 heavy (non-hydrogen) atoms. The minimum atomic E-state index is -0.302. The van der Waals surface area contributed by atoms with Crippen LogP contribution < -0.4 is 0 Å². The Kier molecular flexibility index (Phi) is 4.41. The first kappa shape index (κ1) is 14.7. The van der Waals surface area contributed by atoms with E-state index in [2.05, 4.69) is 30.7 Å². The summed E-state index contributed by atoms with van der Waals surface area (Å²) in [5.74, 6) is 0.325. The van der Waals surface area contributed by atoms with E-state index in [1.54, 1.807) is 11.3 Å². The Morgan fingerprint density at radius 1 is 1.37 bits per heavy atom. The van der Waals surface area contributed by atoms with Crippen LogP contribution in [-0.2, 0) is 11.2 Å². The van der Waals surface area contributed by atoms with Crippen molar-refractivity contribution in [2.24, 2.45) is 0 Å². The van der Waals surface area contributed by atoms with Gasteiger partial charge >= 0.3 is 0 Å². The van der Waals surface area contributed by atoms with Gasteiger partial charge < -0.3 is 0 Å². The van der Waals surface area contributed by atoms with Crippen molar-refractivity contribution < 1.29 is 4.79 Å². The van der Waals surface area contributed by atoms with Gasteiger partial charge in [0.1, 0.15) is 5.01 Å². The van der Waals surface area contributed by atoms with E-state index in [0.29, 0.717) is 12.2 Å². The molecule has 0 amide bonds. The average molecular weight is 280 g/mol. The topological polar surface area (TPSA) is 33.2 Å². The highest BCUT2D eigenvalue weighted by Crippen LogP contribution is 2.28. The summed E-state index contributed by atoms with van der Waals surface area (Å²) >= 11 is 1.66. The first-order chi connectivity index (χ1) is 8.97. The van der Waals surface area contributed by atoms with Crippen LogP contribution >= 0.6 is 11.3 Å². The van der Waals surface area contributed by atoms with E-state index in [0.717, 1.165) is 30.2 Å². The molecule has 0 aliphatic carbocycles. The minimum absolute atomic E-state index is 0.302. The Labute approximate surface area is 120 Å². The van der Waals surface area contributed by atoms with Gasteiger partial charge in [-0.1, -0.05) is 6.92 Å². The number of hydrogen-bond acceptors (Lipinski definition) is 4. The van der Waals surface area contributed by atoms with Crippen molar-refractivity contribution in [1.29, 1.82) is 0 Å². The average Bonchev–Trinajstić information content (AvgIpc) is 3.00. The first-order valence-electron chi connectivity index (χ1n) is 7.18. The van der Waals surface area contributed by atoms with Crippen molar-refractivity contribution in [1.82, 2.24) is 9.88 Å². The number of hydrogen-bond donors (Lipinski definition) is 0. The van der Waals surface area contributed by atoms with E-state index in [4.69, 9.17) is 0 Å². The third-order valence-electron chi connectivity index (χ3n) is 4.48. The van der Waals surface area contributed by atoms with Crippen LogP contribution in [0.15, 0.2) is 0 Å². The molecular weight excluding hydrogens is 256 g/mol. The van der Waals surface area contributed by atoms with Crippen LogP contribution in [0.2, 0.25) is 0 Å². The molecule has 1 aliphatic rings. The number of carbonyl (C=O) groups excluding carboxylic acids is 1. The van der Waals surface area contributed by atoms with Crippen LogP contribution in [0.1, 0.15) is 48.7 Å². The summed E-state index contributed by atoms with van der Waals surface area (Å²) in [4.78, 5) is 20.8. The van der Waals surface area contributed by atoms with Gasteiger partial charge in [0.05, 0.1) is 17.7 Å². The maximum Gasteiger partial charge on any atom is 0.159 e. The molecule has 1 atom stereocenters. The molecule has 0 radical (unpaired) electrons. The van der Waals surface area contributed by atoms with Gasteiger partial charge in [0.2, 0.25) is 0 Å². The molecule has 1 aliphatic heterocycles. The fourth-order valence-corrected chi connectivity index (χ4v) is 3.68. The SMILES string of the molecule is CCC(C)(C(=O)Cc1nc(C)c(C)s1)N1CCCC1. The summed E-state index contributed by atoms with van der Waals surface area (Å²) in [5.41, 5.74) is 0.761. The predicted molar refractivity (Wildman–Crippen MR) is 79.8 cm³/mol. The van der Waals surface area contributed by atoms with Crippen molar-refractivity contribution >= 4 is 17.1 Å². The molecule has 0 bridgehead atoms. The summed E-state index contributed by atoms with van der Waals surface area (Å²) in [7, 11) is 0. The number of thiazole rings is 1. The zero-order valence-electron chi connectivity index (χ0n) is 12.5. The Morgan fingerprint density at radius 3 is 2.47 bits per heavy atom. The Hall–Kier alpha value is -0.740.